The van der Waals surface area contributed by atoms with Crippen LogP contribution in [-0.4, -0.2) is 59.2 Å². The van der Waals surface area contributed by atoms with Gasteiger partial charge < -0.3 is 9.30 Å². The zero-order valence-corrected chi connectivity index (χ0v) is 18.1. The minimum atomic E-state index is -0.838. The van der Waals surface area contributed by atoms with Crippen molar-refractivity contribution in [1.29, 1.82) is 0 Å². The smallest absolute Gasteiger partial charge is 0.305 e. The first-order valence-electron chi connectivity index (χ1n) is 10.2. The molecule has 8 radical (unpaired) electrons. The van der Waals surface area contributed by atoms with E-state index in [9.17, 15) is 9.18 Å². The number of nitrogens with one attached hydrogen (secondary N) is 1. The van der Waals surface area contributed by atoms with E-state index in [-0.39, 0.29) is 40.2 Å². The van der Waals surface area contributed by atoms with Gasteiger partial charge in [-0.15, -0.1) is 0 Å². The van der Waals surface area contributed by atoms with Crippen molar-refractivity contribution in [3.8, 4) is 5.69 Å². The van der Waals surface area contributed by atoms with E-state index >= 15 is 0 Å². The van der Waals surface area contributed by atoms with Crippen molar-refractivity contribution < 1.29 is 13.9 Å². The van der Waals surface area contributed by atoms with Crippen LogP contribution >= 0.6 is 0 Å². The molecule has 4 aromatic rings. The summed E-state index contributed by atoms with van der Waals surface area (Å²) in [5, 5.41) is 8.83. The number of hydrogen-bond donors (Lipinski definition) is 1. The molecule has 0 amide bonds. The summed E-state index contributed by atoms with van der Waals surface area (Å²) in [6, 6.07) is 3.91. The van der Waals surface area contributed by atoms with Crippen molar-refractivity contribution in [3.05, 3.63) is 35.4 Å². The third-order valence-electron chi connectivity index (χ3n) is 5.81. The summed E-state index contributed by atoms with van der Waals surface area (Å²) < 4.78 is 21.2. The molecule has 1 N–H and O–H groups in total. The summed E-state index contributed by atoms with van der Waals surface area (Å²) in [6.45, 7) is 4.03. The highest BCUT2D eigenvalue weighted by Gasteiger charge is 2.25. The summed E-state index contributed by atoms with van der Waals surface area (Å²) in [5.41, 5.74) is 3.20. The number of fused-ring (bicyclic) bond motifs is 2. The molecule has 0 bridgehead atoms. The maximum absolute atomic E-state index is 14.5. The highest BCUT2D eigenvalue weighted by molar-refractivity contribution is 6.58. The molecule has 0 saturated carbocycles. The molecule has 0 aliphatic carbocycles. The molecule has 0 aliphatic heterocycles. The SMILES string of the molecule is [B]c1c([B])c(-n2c(C(C)C)c(CCC(=O)OC)c3cc4[nH]ncc4cc32)c([B])c([B])c1F. The minimum absolute atomic E-state index is 0.000177. The number of benzene rings is 2. The van der Waals surface area contributed by atoms with Crippen LogP contribution in [0.1, 0.15) is 37.4 Å². The first-order valence-corrected chi connectivity index (χ1v) is 10.2. The number of aryl methyl sites for hydroxylation is 1. The topological polar surface area (TPSA) is 59.9 Å². The number of nitrogens with zero attached hydrogens (tertiary/aromatic N) is 2. The standard InChI is InChI=1S/C22H18B4FN3O2/c1-9(2)21-11(4-5-15(31)32-3)12-7-13-10(8-28-29-13)6-14(12)30(21)22-18(25)16(23)20(27)17(24)19(22)26/h6-9H,4-5H2,1-3H3,(H,28,29). The van der Waals surface area contributed by atoms with Crippen molar-refractivity contribution in [2.24, 2.45) is 0 Å². The summed E-state index contributed by atoms with van der Waals surface area (Å²) >= 11 is 0. The zero-order valence-electron chi connectivity index (χ0n) is 18.1. The van der Waals surface area contributed by atoms with Gasteiger partial charge in [0.05, 0.1) is 24.3 Å². The predicted octanol–water partition coefficient (Wildman–Crippen LogP) is 0.0501. The van der Waals surface area contributed by atoms with Gasteiger partial charge in [0.25, 0.3) is 0 Å². The lowest BCUT2D eigenvalue weighted by Crippen LogP contribution is -2.47. The normalized spacial score (nSPS) is 11.7. The highest BCUT2D eigenvalue weighted by Crippen LogP contribution is 2.36. The van der Waals surface area contributed by atoms with Crippen molar-refractivity contribution in [3.63, 3.8) is 0 Å². The largest absolute Gasteiger partial charge is 0.469 e. The van der Waals surface area contributed by atoms with Crippen LogP contribution in [0.15, 0.2) is 18.3 Å². The number of aromatic amines is 1. The van der Waals surface area contributed by atoms with E-state index in [0.29, 0.717) is 12.1 Å². The number of hydrogen-bond acceptors (Lipinski definition) is 3. The molecule has 152 valence electrons. The number of H-pyrrole nitrogens is 1. The number of carbonyl (C=O) groups excluding carboxylic acids is 1. The van der Waals surface area contributed by atoms with Crippen LogP contribution in [0.3, 0.4) is 0 Å². The summed E-state index contributed by atoms with van der Waals surface area (Å²) in [5.74, 6) is -1.16. The summed E-state index contributed by atoms with van der Waals surface area (Å²) in [6.07, 6.45) is 2.32. The number of aromatic nitrogens is 3. The van der Waals surface area contributed by atoms with Gasteiger partial charge in [-0.1, -0.05) is 35.7 Å². The maximum Gasteiger partial charge on any atom is 0.305 e. The molecule has 0 unspecified atom stereocenters. The first kappa shape index (κ1) is 22.3. The van der Waals surface area contributed by atoms with Gasteiger partial charge in [-0.05, 0) is 30.0 Å². The first-order chi connectivity index (χ1) is 15.2. The molecular weight excluding hydrogens is 401 g/mol. The Morgan fingerprint density at radius 3 is 2.41 bits per heavy atom. The van der Waals surface area contributed by atoms with Crippen LogP contribution in [0, 0.1) is 5.82 Å². The fourth-order valence-corrected chi connectivity index (χ4v) is 4.27. The lowest BCUT2D eigenvalue weighted by atomic mass is 9.68. The monoisotopic (exact) mass is 419 g/mol. The zero-order chi connectivity index (χ0) is 23.3. The summed E-state index contributed by atoms with van der Waals surface area (Å²) in [4.78, 5) is 11.9. The second-order valence-electron chi connectivity index (χ2n) is 8.07. The fraction of sp³-hybridized carbons (Fsp3) is 0.273. The van der Waals surface area contributed by atoms with Crippen LogP contribution in [0.2, 0.25) is 0 Å². The molecule has 5 nitrogen and oxygen atoms in total. The van der Waals surface area contributed by atoms with Crippen LogP contribution in [0.25, 0.3) is 27.5 Å². The average molecular weight is 419 g/mol. The minimum Gasteiger partial charge on any atom is -0.469 e. The Balaban J connectivity index is 2.15. The predicted molar refractivity (Wildman–Crippen MR) is 129 cm³/mol. The quantitative estimate of drug-likeness (QED) is 0.368. The Kier molecular flexibility index (Phi) is 5.74. The van der Waals surface area contributed by atoms with Gasteiger partial charge in [-0.3, -0.25) is 9.89 Å². The lowest BCUT2D eigenvalue weighted by molar-refractivity contribution is -0.140. The Bertz CT molecular complexity index is 1350. The number of carbonyl (C=O) groups is 1. The third kappa shape index (κ3) is 3.36. The number of rotatable bonds is 5. The number of ether oxygens (including phenoxy) is 1. The second kappa shape index (κ2) is 8.23. The molecule has 32 heavy (non-hydrogen) atoms. The second-order valence-corrected chi connectivity index (χ2v) is 8.07. The molecule has 2 aromatic carbocycles. The van der Waals surface area contributed by atoms with Crippen molar-refractivity contribution in [2.75, 3.05) is 7.11 Å². The van der Waals surface area contributed by atoms with E-state index in [4.69, 9.17) is 36.1 Å². The van der Waals surface area contributed by atoms with E-state index in [1.165, 1.54) is 7.11 Å². The molecule has 0 aliphatic rings. The lowest BCUT2D eigenvalue weighted by Gasteiger charge is -2.24. The molecule has 2 aromatic heterocycles. The number of methoxy groups -OCH3 is 1. The molecule has 0 saturated heterocycles. The van der Waals surface area contributed by atoms with Gasteiger partial charge in [0.15, 0.2) is 0 Å². The van der Waals surface area contributed by atoms with E-state index in [2.05, 4.69) is 10.2 Å². The number of halogens is 1. The summed E-state index contributed by atoms with van der Waals surface area (Å²) in [7, 11) is 25.8. The van der Waals surface area contributed by atoms with Gasteiger partial charge in [0.2, 0.25) is 0 Å². The molecule has 0 fully saturated rings. The molecule has 10 heteroatoms. The van der Waals surface area contributed by atoms with E-state index in [0.717, 1.165) is 33.1 Å². The van der Waals surface area contributed by atoms with E-state index in [1.54, 1.807) is 6.20 Å². The fourth-order valence-electron chi connectivity index (χ4n) is 4.27. The van der Waals surface area contributed by atoms with E-state index < -0.39 is 5.82 Å². The Morgan fingerprint density at radius 2 is 1.81 bits per heavy atom. The van der Waals surface area contributed by atoms with Crippen molar-refractivity contribution in [1.82, 2.24) is 14.8 Å². The van der Waals surface area contributed by atoms with Crippen LogP contribution in [-0.2, 0) is 16.0 Å². The maximum atomic E-state index is 14.5. The Hall–Kier alpha value is -2.89. The Labute approximate surface area is 190 Å². The molecular formula is C22H18B4FN3O2. The van der Waals surface area contributed by atoms with Gasteiger partial charge >= 0.3 is 5.97 Å². The highest BCUT2D eigenvalue weighted by atomic mass is 19.1. The third-order valence-corrected chi connectivity index (χ3v) is 5.81. The van der Waals surface area contributed by atoms with Gasteiger partial charge in [-0.2, -0.15) is 5.10 Å². The molecule has 0 spiro atoms. The molecule has 2 heterocycles. The van der Waals surface area contributed by atoms with Gasteiger partial charge in [0, 0.05) is 28.6 Å². The van der Waals surface area contributed by atoms with Crippen LogP contribution < -0.4 is 21.9 Å². The number of esters is 1. The van der Waals surface area contributed by atoms with Crippen molar-refractivity contribution >= 4 is 81.0 Å². The average Bonchev–Trinajstić information content (AvgIpc) is 3.35. The molecule has 4 rings (SSSR count). The van der Waals surface area contributed by atoms with Gasteiger partial charge in [-0.25, -0.2) is 4.39 Å². The van der Waals surface area contributed by atoms with E-state index in [1.807, 2.05) is 30.5 Å². The Morgan fingerprint density at radius 1 is 1.16 bits per heavy atom. The van der Waals surface area contributed by atoms with Crippen molar-refractivity contribution in [2.45, 2.75) is 32.6 Å². The van der Waals surface area contributed by atoms with Crippen LogP contribution in [0.4, 0.5) is 4.39 Å². The molecule has 0 atom stereocenters. The van der Waals surface area contributed by atoms with Gasteiger partial charge in [0.1, 0.15) is 37.2 Å². The van der Waals surface area contributed by atoms with Crippen LogP contribution in [0.5, 0.6) is 0 Å².